The standard InChI is InChI=1S/C13H17N3O.C7H8N2O2/c1-3-12(17)10-4-5-11-13(14-10)15(2)9-6-7-16(11)8-9;1-9-4-2-3-6(7(9)11)8-5-10/h4-5,9H,3,6-8H2,1-2H3;2-5H,1H3,(H,8,10). The van der Waals surface area contributed by atoms with Crippen LogP contribution in [0.1, 0.15) is 30.3 Å². The highest BCUT2D eigenvalue weighted by Crippen LogP contribution is 2.37. The lowest BCUT2D eigenvalue weighted by Gasteiger charge is -2.34. The number of nitrogens with one attached hydrogen (secondary N) is 1. The molecule has 28 heavy (non-hydrogen) atoms. The molecule has 1 amide bonds. The number of carbonyl (C=O) groups is 2. The summed E-state index contributed by atoms with van der Waals surface area (Å²) < 4.78 is 1.39. The van der Waals surface area contributed by atoms with Gasteiger partial charge >= 0.3 is 0 Å². The highest BCUT2D eigenvalue weighted by Gasteiger charge is 2.35. The number of hydrogen-bond donors (Lipinski definition) is 1. The maximum atomic E-state index is 11.7. The first-order valence-corrected chi connectivity index (χ1v) is 9.34. The smallest absolute Gasteiger partial charge is 0.274 e. The lowest BCUT2D eigenvalue weighted by atomic mass is 10.1. The summed E-state index contributed by atoms with van der Waals surface area (Å²) in [5.74, 6) is 1.09. The Balaban J connectivity index is 0.000000178. The number of nitrogens with zero attached hydrogens (tertiary/aromatic N) is 4. The molecule has 1 atom stereocenters. The predicted octanol–water partition coefficient (Wildman–Crippen LogP) is 1.66. The molecule has 1 N–H and O–H groups in total. The maximum absolute atomic E-state index is 11.7. The van der Waals surface area contributed by atoms with Crippen LogP contribution in [0.15, 0.2) is 35.3 Å². The third-order valence-electron chi connectivity index (χ3n) is 5.18. The van der Waals surface area contributed by atoms with Crippen molar-refractivity contribution in [1.82, 2.24) is 9.55 Å². The van der Waals surface area contributed by atoms with Gasteiger partial charge in [0.1, 0.15) is 11.4 Å². The number of hydrogen-bond acceptors (Lipinski definition) is 6. The second kappa shape index (κ2) is 8.24. The number of Topliss-reactive ketones (excluding diaryl/α,β-unsaturated/α-hetero) is 1. The summed E-state index contributed by atoms with van der Waals surface area (Å²) in [4.78, 5) is 41.9. The van der Waals surface area contributed by atoms with Crippen LogP contribution in [0.5, 0.6) is 0 Å². The molecule has 1 unspecified atom stereocenters. The van der Waals surface area contributed by atoms with Crippen molar-refractivity contribution in [3.63, 3.8) is 0 Å². The van der Waals surface area contributed by atoms with Crippen molar-refractivity contribution in [3.05, 3.63) is 46.5 Å². The van der Waals surface area contributed by atoms with Gasteiger partial charge in [-0.2, -0.15) is 0 Å². The SMILES string of the molecule is CCC(=O)c1ccc2c(n1)N(C)C1CCN2C1.Cn1cccc(NC=O)c1=O. The number of ketones is 1. The molecule has 8 heteroatoms. The topological polar surface area (TPSA) is 87.5 Å². The quantitative estimate of drug-likeness (QED) is 0.638. The summed E-state index contributed by atoms with van der Waals surface area (Å²) in [7, 11) is 3.71. The van der Waals surface area contributed by atoms with Crippen LogP contribution >= 0.6 is 0 Å². The fourth-order valence-corrected chi connectivity index (χ4v) is 3.50. The van der Waals surface area contributed by atoms with Crippen molar-refractivity contribution < 1.29 is 9.59 Å². The molecule has 0 spiro atoms. The molecular formula is C20H25N5O3. The molecule has 0 aliphatic carbocycles. The number of aromatic nitrogens is 2. The highest BCUT2D eigenvalue weighted by atomic mass is 16.1. The molecule has 0 radical (unpaired) electrons. The lowest BCUT2D eigenvalue weighted by molar-refractivity contribution is -0.105. The monoisotopic (exact) mass is 383 g/mol. The Morgan fingerprint density at radius 2 is 2.11 bits per heavy atom. The van der Waals surface area contributed by atoms with Gasteiger partial charge in [-0.25, -0.2) is 4.98 Å². The van der Waals surface area contributed by atoms with Crippen molar-refractivity contribution in [2.75, 3.05) is 35.3 Å². The normalized spacial score (nSPS) is 16.8. The molecule has 2 aromatic heterocycles. The second-order valence-corrected chi connectivity index (χ2v) is 6.92. The zero-order valence-electron chi connectivity index (χ0n) is 16.4. The van der Waals surface area contributed by atoms with E-state index in [1.807, 2.05) is 19.1 Å². The third kappa shape index (κ3) is 3.76. The van der Waals surface area contributed by atoms with E-state index in [1.54, 1.807) is 25.4 Å². The second-order valence-electron chi connectivity index (χ2n) is 6.92. The first-order valence-electron chi connectivity index (χ1n) is 9.34. The van der Waals surface area contributed by atoms with E-state index in [2.05, 4.69) is 27.1 Å². The average Bonchev–Trinajstić information content (AvgIpc) is 3.16. The summed E-state index contributed by atoms with van der Waals surface area (Å²) in [6.45, 7) is 4.07. The molecule has 0 aromatic carbocycles. The fourth-order valence-electron chi connectivity index (χ4n) is 3.50. The van der Waals surface area contributed by atoms with E-state index in [9.17, 15) is 14.4 Å². The van der Waals surface area contributed by atoms with Crippen LogP contribution < -0.4 is 20.7 Å². The van der Waals surface area contributed by atoms with Gasteiger partial charge in [0.05, 0.1) is 5.69 Å². The zero-order valence-corrected chi connectivity index (χ0v) is 16.4. The highest BCUT2D eigenvalue weighted by molar-refractivity contribution is 5.95. The number of fused-ring (bicyclic) bond motifs is 4. The lowest BCUT2D eigenvalue weighted by Crippen LogP contribution is -2.40. The molecule has 8 nitrogen and oxygen atoms in total. The van der Waals surface area contributed by atoms with Gasteiger partial charge in [-0.05, 0) is 30.7 Å². The van der Waals surface area contributed by atoms with Gasteiger partial charge in [0.15, 0.2) is 11.6 Å². The van der Waals surface area contributed by atoms with Crippen molar-refractivity contribution in [2.24, 2.45) is 7.05 Å². The van der Waals surface area contributed by atoms with Crippen LogP contribution in [-0.2, 0) is 11.8 Å². The molecule has 1 fully saturated rings. The Kier molecular flexibility index (Phi) is 5.77. The molecule has 2 aliphatic rings. The van der Waals surface area contributed by atoms with Gasteiger partial charge in [0.25, 0.3) is 5.56 Å². The van der Waals surface area contributed by atoms with Gasteiger partial charge in [0.2, 0.25) is 6.41 Å². The van der Waals surface area contributed by atoms with Crippen LogP contribution in [0.25, 0.3) is 0 Å². The van der Waals surface area contributed by atoms with Crippen LogP contribution in [0.4, 0.5) is 17.2 Å². The molecule has 148 valence electrons. The van der Waals surface area contributed by atoms with Crippen LogP contribution in [0, 0.1) is 0 Å². The number of carbonyl (C=O) groups excluding carboxylic acids is 2. The Morgan fingerprint density at radius 3 is 2.82 bits per heavy atom. The van der Waals surface area contributed by atoms with Crippen molar-refractivity contribution in [1.29, 1.82) is 0 Å². The predicted molar refractivity (Wildman–Crippen MR) is 109 cm³/mol. The van der Waals surface area contributed by atoms with Gasteiger partial charge in [0, 0.05) is 45.8 Å². The van der Waals surface area contributed by atoms with Crippen molar-refractivity contribution in [2.45, 2.75) is 25.8 Å². The summed E-state index contributed by atoms with van der Waals surface area (Å²) in [5, 5.41) is 2.30. The molecule has 2 aromatic rings. The molecule has 2 bridgehead atoms. The van der Waals surface area contributed by atoms with E-state index in [-0.39, 0.29) is 11.3 Å². The zero-order chi connectivity index (χ0) is 20.3. The minimum atomic E-state index is -0.209. The van der Waals surface area contributed by atoms with E-state index in [0.717, 1.165) is 18.9 Å². The third-order valence-corrected chi connectivity index (χ3v) is 5.18. The Hall–Kier alpha value is -3.16. The molecule has 4 heterocycles. The van der Waals surface area contributed by atoms with Gasteiger partial charge in [-0.15, -0.1) is 0 Å². The van der Waals surface area contributed by atoms with Crippen LogP contribution in [0.2, 0.25) is 0 Å². The van der Waals surface area contributed by atoms with Gasteiger partial charge < -0.3 is 19.7 Å². The summed E-state index contributed by atoms with van der Waals surface area (Å²) in [6.07, 6.45) is 3.81. The Bertz CT molecular complexity index is 940. The van der Waals surface area contributed by atoms with E-state index < -0.39 is 0 Å². The molecule has 2 aliphatic heterocycles. The van der Waals surface area contributed by atoms with E-state index in [4.69, 9.17) is 0 Å². The minimum absolute atomic E-state index is 0.120. The van der Waals surface area contributed by atoms with E-state index in [1.165, 1.54) is 16.7 Å². The summed E-state index contributed by atoms with van der Waals surface area (Å²) in [6, 6.07) is 7.70. The molecule has 4 rings (SSSR count). The fraction of sp³-hybridized carbons (Fsp3) is 0.400. The maximum Gasteiger partial charge on any atom is 0.274 e. The van der Waals surface area contributed by atoms with Crippen LogP contribution in [-0.4, -0.2) is 47.9 Å². The van der Waals surface area contributed by atoms with Crippen LogP contribution in [0.3, 0.4) is 0 Å². The summed E-state index contributed by atoms with van der Waals surface area (Å²) in [5.41, 5.74) is 1.86. The molecular weight excluding hydrogens is 358 g/mol. The van der Waals surface area contributed by atoms with Gasteiger partial charge in [-0.3, -0.25) is 14.4 Å². The number of aryl methyl sites for hydroxylation is 1. The summed E-state index contributed by atoms with van der Waals surface area (Å²) >= 11 is 0. The average molecular weight is 383 g/mol. The van der Waals surface area contributed by atoms with Gasteiger partial charge in [-0.1, -0.05) is 6.92 Å². The number of rotatable bonds is 4. The molecule has 1 saturated heterocycles. The van der Waals surface area contributed by atoms with Crippen molar-refractivity contribution in [3.8, 4) is 0 Å². The Morgan fingerprint density at radius 1 is 1.32 bits per heavy atom. The Labute approximate surface area is 163 Å². The van der Waals surface area contributed by atoms with E-state index >= 15 is 0 Å². The number of anilines is 3. The first kappa shape index (κ1) is 19.6. The number of likely N-dealkylation sites (N-methyl/N-ethyl adjacent to an activating group) is 1. The first-order chi connectivity index (χ1) is 13.5. The minimum Gasteiger partial charge on any atom is -0.366 e. The number of amides is 1. The largest absolute Gasteiger partial charge is 0.366 e. The number of pyridine rings is 2. The van der Waals surface area contributed by atoms with Crippen molar-refractivity contribution >= 4 is 29.4 Å². The molecule has 0 saturated carbocycles. The van der Waals surface area contributed by atoms with E-state index in [0.29, 0.717) is 30.3 Å².